The van der Waals surface area contributed by atoms with E-state index in [9.17, 15) is 4.79 Å². The average molecular weight is 401 g/mol. The van der Waals surface area contributed by atoms with Crippen molar-refractivity contribution in [2.75, 3.05) is 11.9 Å². The molecule has 29 heavy (non-hydrogen) atoms. The summed E-state index contributed by atoms with van der Waals surface area (Å²) in [4.78, 5) is 22.6. The van der Waals surface area contributed by atoms with Crippen molar-refractivity contribution in [1.29, 1.82) is 0 Å². The van der Waals surface area contributed by atoms with Crippen molar-refractivity contribution in [3.63, 3.8) is 0 Å². The van der Waals surface area contributed by atoms with Crippen molar-refractivity contribution in [1.82, 2.24) is 15.3 Å². The molecule has 6 heteroatoms. The Labute approximate surface area is 172 Å². The summed E-state index contributed by atoms with van der Waals surface area (Å²) in [7, 11) is 0. The monoisotopic (exact) mass is 400 g/mol. The number of carbonyl (C=O) groups is 1. The van der Waals surface area contributed by atoms with Gasteiger partial charge in [0.1, 0.15) is 4.88 Å². The summed E-state index contributed by atoms with van der Waals surface area (Å²) in [5, 5.41) is 8.63. The molecule has 1 aromatic carbocycles. The Morgan fingerprint density at radius 2 is 2.10 bits per heavy atom. The molecular formula is C23H20N4OS. The molecule has 0 fully saturated rings. The van der Waals surface area contributed by atoms with Gasteiger partial charge in [-0.3, -0.25) is 9.78 Å². The molecule has 2 N–H and O–H groups in total. The van der Waals surface area contributed by atoms with Crippen LogP contribution in [-0.4, -0.2) is 28.5 Å². The van der Waals surface area contributed by atoms with E-state index in [1.807, 2.05) is 32.0 Å². The highest BCUT2D eigenvalue weighted by Crippen LogP contribution is 2.41. The van der Waals surface area contributed by atoms with Crippen LogP contribution in [-0.2, 0) is 0 Å². The highest BCUT2D eigenvalue weighted by atomic mass is 32.1. The SMILES string of the molecule is C=Cc1nccc(-c2ccc3c(ccc4sc5c(c43)NC[C@@H](C)NC5=O)n2)c1C. The molecule has 5 rings (SSSR count). The minimum atomic E-state index is -0.0132. The van der Waals surface area contributed by atoms with E-state index in [-0.39, 0.29) is 11.9 Å². The maximum Gasteiger partial charge on any atom is 0.263 e. The second-order valence-corrected chi connectivity index (χ2v) is 8.39. The van der Waals surface area contributed by atoms with E-state index in [2.05, 4.69) is 34.3 Å². The normalized spacial score (nSPS) is 16.2. The van der Waals surface area contributed by atoms with Crippen molar-refractivity contribution in [2.45, 2.75) is 19.9 Å². The molecule has 5 nitrogen and oxygen atoms in total. The number of nitrogens with one attached hydrogen (secondary N) is 2. The van der Waals surface area contributed by atoms with Crippen LogP contribution in [0, 0.1) is 6.92 Å². The Morgan fingerprint density at radius 3 is 2.93 bits per heavy atom. The van der Waals surface area contributed by atoms with Crippen molar-refractivity contribution in [3.05, 3.63) is 59.2 Å². The third-order valence-corrected chi connectivity index (χ3v) is 6.56. The van der Waals surface area contributed by atoms with Crippen LogP contribution in [0.1, 0.15) is 27.9 Å². The lowest BCUT2D eigenvalue weighted by atomic mass is 10.0. The third kappa shape index (κ3) is 2.79. The van der Waals surface area contributed by atoms with Gasteiger partial charge in [-0.05, 0) is 55.8 Å². The van der Waals surface area contributed by atoms with Gasteiger partial charge in [0.15, 0.2) is 0 Å². The van der Waals surface area contributed by atoms with Crippen molar-refractivity contribution >= 4 is 50.0 Å². The summed E-state index contributed by atoms with van der Waals surface area (Å²) in [5.41, 5.74) is 5.71. The van der Waals surface area contributed by atoms with Crippen LogP contribution in [0.5, 0.6) is 0 Å². The number of pyridine rings is 2. The standard InChI is InChI=1S/C23H20N4OS/c1-4-16-13(3)14(9-10-24-16)17-6-5-15-18(27-17)7-8-19-20(15)21-22(29-19)23(28)26-12(2)11-25-21/h4-10,12,25H,1,11H2,2-3H3,(H,26,28)/t12-/m1/s1. The first-order valence-electron chi connectivity index (χ1n) is 9.56. The number of fused-ring (bicyclic) bond motifs is 5. The first-order valence-corrected chi connectivity index (χ1v) is 10.4. The lowest BCUT2D eigenvalue weighted by molar-refractivity contribution is 0.0949. The number of carbonyl (C=O) groups excluding carboxylic acids is 1. The van der Waals surface area contributed by atoms with E-state index in [0.717, 1.165) is 54.1 Å². The van der Waals surface area contributed by atoms with Gasteiger partial charge in [-0.2, -0.15) is 0 Å². The van der Waals surface area contributed by atoms with Crippen molar-refractivity contribution < 1.29 is 4.79 Å². The fourth-order valence-corrected chi connectivity index (χ4v) is 5.01. The number of thiophene rings is 1. The van der Waals surface area contributed by atoms with E-state index >= 15 is 0 Å². The molecular weight excluding hydrogens is 380 g/mol. The summed E-state index contributed by atoms with van der Waals surface area (Å²) in [6.45, 7) is 8.59. The van der Waals surface area contributed by atoms with E-state index in [0.29, 0.717) is 6.54 Å². The molecule has 144 valence electrons. The zero-order chi connectivity index (χ0) is 20.1. The molecule has 1 aliphatic heterocycles. The van der Waals surface area contributed by atoms with Gasteiger partial charge in [0, 0.05) is 39.8 Å². The lowest BCUT2D eigenvalue weighted by Gasteiger charge is -2.11. The Balaban J connectivity index is 1.72. The number of aromatic nitrogens is 2. The van der Waals surface area contributed by atoms with E-state index in [1.54, 1.807) is 12.3 Å². The summed E-state index contributed by atoms with van der Waals surface area (Å²) in [5.74, 6) is -0.0132. The molecule has 0 radical (unpaired) electrons. The van der Waals surface area contributed by atoms with Gasteiger partial charge < -0.3 is 10.6 Å². The number of hydrogen-bond acceptors (Lipinski definition) is 5. The van der Waals surface area contributed by atoms with Crippen LogP contribution in [0.25, 0.3) is 38.3 Å². The molecule has 0 saturated carbocycles. The molecule has 1 atom stereocenters. The van der Waals surface area contributed by atoms with Crippen LogP contribution < -0.4 is 10.6 Å². The Bertz CT molecular complexity index is 1310. The Morgan fingerprint density at radius 1 is 1.24 bits per heavy atom. The molecule has 1 amide bonds. The minimum Gasteiger partial charge on any atom is -0.381 e. The van der Waals surface area contributed by atoms with E-state index < -0.39 is 0 Å². The van der Waals surface area contributed by atoms with Crippen molar-refractivity contribution in [3.8, 4) is 11.3 Å². The number of benzene rings is 1. The molecule has 0 aliphatic carbocycles. The van der Waals surface area contributed by atoms with Gasteiger partial charge in [0.2, 0.25) is 0 Å². The van der Waals surface area contributed by atoms with Gasteiger partial charge in [-0.25, -0.2) is 4.98 Å². The van der Waals surface area contributed by atoms with Crippen LogP contribution in [0.3, 0.4) is 0 Å². The van der Waals surface area contributed by atoms with E-state index in [4.69, 9.17) is 4.98 Å². The van der Waals surface area contributed by atoms with Gasteiger partial charge in [-0.15, -0.1) is 11.3 Å². The fourth-order valence-electron chi connectivity index (χ4n) is 3.91. The molecule has 3 aromatic heterocycles. The number of nitrogens with zero attached hydrogens (tertiary/aromatic N) is 2. The first kappa shape index (κ1) is 17.8. The Kier molecular flexibility index (Phi) is 4.10. The molecule has 1 aliphatic rings. The number of hydrogen-bond donors (Lipinski definition) is 2. The maximum absolute atomic E-state index is 12.6. The second kappa shape index (κ2) is 6.67. The molecule has 0 bridgehead atoms. The van der Waals surface area contributed by atoms with Crippen LogP contribution in [0.15, 0.2) is 43.1 Å². The molecule has 0 saturated heterocycles. The number of anilines is 1. The molecule has 0 spiro atoms. The third-order valence-electron chi connectivity index (χ3n) is 5.40. The van der Waals surface area contributed by atoms with Crippen molar-refractivity contribution in [2.24, 2.45) is 0 Å². The number of amides is 1. The smallest absolute Gasteiger partial charge is 0.263 e. The summed E-state index contributed by atoms with van der Waals surface area (Å²) >= 11 is 1.52. The number of rotatable bonds is 2. The molecule has 4 aromatic rings. The van der Waals surface area contributed by atoms with Gasteiger partial charge in [0.25, 0.3) is 5.91 Å². The summed E-state index contributed by atoms with van der Waals surface area (Å²) in [6, 6.07) is 10.3. The summed E-state index contributed by atoms with van der Waals surface area (Å²) in [6.07, 6.45) is 3.55. The highest BCUT2D eigenvalue weighted by Gasteiger charge is 2.24. The largest absolute Gasteiger partial charge is 0.381 e. The maximum atomic E-state index is 12.6. The topological polar surface area (TPSA) is 66.9 Å². The Hall–Kier alpha value is -3.25. The average Bonchev–Trinajstić information content (AvgIpc) is 3.04. The van der Waals surface area contributed by atoms with Crippen LogP contribution >= 0.6 is 11.3 Å². The molecule has 0 unspecified atom stereocenters. The summed E-state index contributed by atoms with van der Waals surface area (Å²) < 4.78 is 1.09. The van der Waals surface area contributed by atoms with E-state index in [1.165, 1.54) is 11.3 Å². The molecule has 4 heterocycles. The minimum absolute atomic E-state index is 0.0132. The van der Waals surface area contributed by atoms with Crippen LogP contribution in [0.2, 0.25) is 0 Å². The lowest BCUT2D eigenvalue weighted by Crippen LogP contribution is -2.34. The highest BCUT2D eigenvalue weighted by molar-refractivity contribution is 7.21. The van der Waals surface area contributed by atoms with Crippen LogP contribution in [0.4, 0.5) is 5.69 Å². The second-order valence-electron chi connectivity index (χ2n) is 7.34. The fraction of sp³-hybridized carbons (Fsp3) is 0.174. The first-order chi connectivity index (χ1) is 14.1. The quantitative estimate of drug-likeness (QED) is 0.497. The van der Waals surface area contributed by atoms with Gasteiger partial charge in [0.05, 0.1) is 22.6 Å². The predicted octanol–water partition coefficient (Wildman–Crippen LogP) is 5.01. The van der Waals surface area contributed by atoms with Gasteiger partial charge in [-0.1, -0.05) is 6.58 Å². The zero-order valence-electron chi connectivity index (χ0n) is 16.2. The predicted molar refractivity (Wildman–Crippen MR) is 121 cm³/mol. The van der Waals surface area contributed by atoms with Gasteiger partial charge >= 0.3 is 0 Å². The zero-order valence-corrected chi connectivity index (χ0v) is 17.1.